The van der Waals surface area contributed by atoms with E-state index >= 15 is 0 Å². The van der Waals surface area contributed by atoms with Gasteiger partial charge in [-0.15, -0.1) is 0 Å². The van der Waals surface area contributed by atoms with E-state index in [0.717, 1.165) is 0 Å². The molecular formula is C12H12BNO3. The molecule has 17 heavy (non-hydrogen) atoms. The van der Waals surface area contributed by atoms with Crippen LogP contribution in [0.25, 0.3) is 0 Å². The molecule has 1 amide bonds. The first-order valence-electron chi connectivity index (χ1n) is 5.30. The summed E-state index contributed by atoms with van der Waals surface area (Å²) < 4.78 is 0. The van der Waals surface area contributed by atoms with Crippen molar-refractivity contribution >= 4 is 24.2 Å². The SMILES string of the molecule is O=C(Nc1cccc(B(O)O)c1)C1=CC=CC1. The highest BCUT2D eigenvalue weighted by Crippen LogP contribution is 2.13. The summed E-state index contributed by atoms with van der Waals surface area (Å²) in [5.74, 6) is -0.167. The van der Waals surface area contributed by atoms with E-state index in [-0.39, 0.29) is 5.91 Å². The van der Waals surface area contributed by atoms with Gasteiger partial charge in [0.15, 0.2) is 0 Å². The van der Waals surface area contributed by atoms with Gasteiger partial charge < -0.3 is 15.4 Å². The van der Waals surface area contributed by atoms with Crippen LogP contribution in [0.1, 0.15) is 6.42 Å². The Kier molecular flexibility index (Phi) is 3.42. The Bertz CT molecular complexity index is 494. The van der Waals surface area contributed by atoms with Crippen molar-refractivity contribution in [2.75, 3.05) is 5.32 Å². The van der Waals surface area contributed by atoms with E-state index in [1.807, 2.05) is 12.2 Å². The molecule has 0 fully saturated rings. The van der Waals surface area contributed by atoms with Crippen molar-refractivity contribution in [3.05, 3.63) is 48.1 Å². The molecule has 0 unspecified atom stereocenters. The number of hydrogen-bond donors (Lipinski definition) is 3. The molecule has 1 aliphatic carbocycles. The average molecular weight is 229 g/mol. The lowest BCUT2D eigenvalue weighted by molar-refractivity contribution is -0.112. The molecule has 0 aliphatic heterocycles. The minimum atomic E-state index is -1.53. The molecule has 4 nitrogen and oxygen atoms in total. The lowest BCUT2D eigenvalue weighted by Gasteiger charge is -2.07. The minimum absolute atomic E-state index is 0.167. The first kappa shape index (κ1) is 11.6. The van der Waals surface area contributed by atoms with Crippen molar-refractivity contribution < 1.29 is 14.8 Å². The van der Waals surface area contributed by atoms with E-state index in [9.17, 15) is 4.79 Å². The van der Waals surface area contributed by atoms with E-state index in [0.29, 0.717) is 23.1 Å². The van der Waals surface area contributed by atoms with E-state index in [4.69, 9.17) is 10.0 Å². The van der Waals surface area contributed by atoms with Gasteiger partial charge in [-0.05, 0) is 24.0 Å². The second-order valence-electron chi connectivity index (χ2n) is 3.78. The van der Waals surface area contributed by atoms with Gasteiger partial charge >= 0.3 is 7.12 Å². The van der Waals surface area contributed by atoms with Crippen LogP contribution >= 0.6 is 0 Å². The molecule has 1 aliphatic rings. The normalized spacial score (nSPS) is 13.4. The summed E-state index contributed by atoms with van der Waals surface area (Å²) in [6.07, 6.45) is 6.14. The summed E-state index contributed by atoms with van der Waals surface area (Å²) in [5.41, 5.74) is 1.59. The first-order chi connectivity index (χ1) is 8.16. The molecule has 0 saturated carbocycles. The van der Waals surface area contributed by atoms with E-state index in [1.165, 1.54) is 6.07 Å². The highest BCUT2D eigenvalue weighted by atomic mass is 16.4. The molecule has 0 bridgehead atoms. The summed E-state index contributed by atoms with van der Waals surface area (Å²) in [6, 6.07) is 6.47. The van der Waals surface area contributed by atoms with Gasteiger partial charge in [-0.1, -0.05) is 30.4 Å². The van der Waals surface area contributed by atoms with Crippen molar-refractivity contribution in [2.24, 2.45) is 0 Å². The number of allylic oxidation sites excluding steroid dienone is 3. The van der Waals surface area contributed by atoms with Crippen LogP contribution in [-0.2, 0) is 4.79 Å². The molecule has 0 heterocycles. The highest BCUT2D eigenvalue weighted by Gasteiger charge is 2.13. The number of benzene rings is 1. The number of rotatable bonds is 3. The van der Waals surface area contributed by atoms with Crippen LogP contribution in [0.5, 0.6) is 0 Å². The minimum Gasteiger partial charge on any atom is -0.423 e. The molecule has 1 aromatic carbocycles. The third-order valence-electron chi connectivity index (χ3n) is 2.51. The third kappa shape index (κ3) is 2.84. The monoisotopic (exact) mass is 229 g/mol. The zero-order valence-corrected chi connectivity index (χ0v) is 9.13. The Hall–Kier alpha value is -1.85. The predicted octanol–water partition coefficient (Wildman–Crippen LogP) is 0.191. The van der Waals surface area contributed by atoms with Crippen molar-refractivity contribution in [3.63, 3.8) is 0 Å². The summed E-state index contributed by atoms with van der Waals surface area (Å²) in [5, 5.41) is 20.7. The zero-order chi connectivity index (χ0) is 12.3. The smallest absolute Gasteiger partial charge is 0.423 e. The lowest BCUT2D eigenvalue weighted by Crippen LogP contribution is -2.30. The van der Waals surface area contributed by atoms with Gasteiger partial charge in [0.25, 0.3) is 5.91 Å². The van der Waals surface area contributed by atoms with Crippen molar-refractivity contribution in [1.29, 1.82) is 0 Å². The lowest BCUT2D eigenvalue weighted by atomic mass is 9.80. The van der Waals surface area contributed by atoms with Gasteiger partial charge in [-0.2, -0.15) is 0 Å². The molecule has 86 valence electrons. The Morgan fingerprint density at radius 2 is 2.18 bits per heavy atom. The number of carbonyl (C=O) groups is 1. The fourth-order valence-corrected chi connectivity index (χ4v) is 1.60. The number of amides is 1. The van der Waals surface area contributed by atoms with E-state index in [1.54, 1.807) is 24.3 Å². The zero-order valence-electron chi connectivity index (χ0n) is 9.13. The standard InChI is InChI=1S/C12H12BNO3/c15-12(9-4-1-2-5-9)14-11-7-3-6-10(8-11)13(16)17/h1-4,6-8,16-17H,5H2,(H,14,15). The van der Waals surface area contributed by atoms with E-state index in [2.05, 4.69) is 5.32 Å². The van der Waals surface area contributed by atoms with Crippen LogP contribution in [-0.4, -0.2) is 23.1 Å². The Balaban J connectivity index is 2.08. The molecule has 5 heteroatoms. The Labute approximate surface area is 99.4 Å². The largest absolute Gasteiger partial charge is 0.488 e. The third-order valence-corrected chi connectivity index (χ3v) is 2.51. The number of hydrogen-bond acceptors (Lipinski definition) is 3. The maximum Gasteiger partial charge on any atom is 0.488 e. The number of nitrogens with one attached hydrogen (secondary N) is 1. The molecule has 0 saturated heterocycles. The fourth-order valence-electron chi connectivity index (χ4n) is 1.60. The highest BCUT2D eigenvalue weighted by molar-refractivity contribution is 6.58. The van der Waals surface area contributed by atoms with Gasteiger partial charge in [0.1, 0.15) is 0 Å². The van der Waals surface area contributed by atoms with Gasteiger partial charge in [-0.3, -0.25) is 4.79 Å². The molecule has 2 rings (SSSR count). The van der Waals surface area contributed by atoms with Gasteiger partial charge in [0.2, 0.25) is 0 Å². The predicted molar refractivity (Wildman–Crippen MR) is 66.7 cm³/mol. The molecule has 0 spiro atoms. The average Bonchev–Trinajstić information content (AvgIpc) is 2.82. The van der Waals surface area contributed by atoms with Crippen molar-refractivity contribution in [3.8, 4) is 0 Å². The number of anilines is 1. The van der Waals surface area contributed by atoms with Crippen LogP contribution in [0.15, 0.2) is 48.1 Å². The van der Waals surface area contributed by atoms with Gasteiger partial charge in [0.05, 0.1) is 0 Å². The van der Waals surface area contributed by atoms with Crippen LogP contribution < -0.4 is 10.8 Å². The van der Waals surface area contributed by atoms with Crippen LogP contribution in [0.3, 0.4) is 0 Å². The Morgan fingerprint density at radius 3 is 2.82 bits per heavy atom. The van der Waals surface area contributed by atoms with Crippen LogP contribution in [0.4, 0.5) is 5.69 Å². The molecular weight excluding hydrogens is 217 g/mol. The van der Waals surface area contributed by atoms with Crippen LogP contribution in [0, 0.1) is 0 Å². The van der Waals surface area contributed by atoms with Gasteiger partial charge in [-0.25, -0.2) is 0 Å². The van der Waals surface area contributed by atoms with Crippen LogP contribution in [0.2, 0.25) is 0 Å². The second-order valence-corrected chi connectivity index (χ2v) is 3.78. The first-order valence-corrected chi connectivity index (χ1v) is 5.30. The van der Waals surface area contributed by atoms with Crippen molar-refractivity contribution in [1.82, 2.24) is 0 Å². The number of carbonyl (C=O) groups excluding carboxylic acids is 1. The maximum atomic E-state index is 11.8. The summed E-state index contributed by atoms with van der Waals surface area (Å²) in [6.45, 7) is 0. The summed E-state index contributed by atoms with van der Waals surface area (Å²) in [7, 11) is -1.53. The molecule has 3 N–H and O–H groups in total. The fraction of sp³-hybridized carbons (Fsp3) is 0.0833. The summed E-state index contributed by atoms with van der Waals surface area (Å²) in [4.78, 5) is 11.8. The second kappa shape index (κ2) is 4.99. The van der Waals surface area contributed by atoms with E-state index < -0.39 is 7.12 Å². The molecule has 0 aromatic heterocycles. The van der Waals surface area contributed by atoms with Crippen molar-refractivity contribution in [2.45, 2.75) is 6.42 Å². The molecule has 1 aromatic rings. The summed E-state index contributed by atoms with van der Waals surface area (Å²) >= 11 is 0. The van der Waals surface area contributed by atoms with Gasteiger partial charge in [0, 0.05) is 11.3 Å². The Morgan fingerprint density at radius 1 is 1.35 bits per heavy atom. The molecule has 0 atom stereocenters. The molecule has 0 radical (unpaired) electrons. The maximum absolute atomic E-state index is 11.8. The quantitative estimate of drug-likeness (QED) is 0.648. The topological polar surface area (TPSA) is 69.6 Å².